The Balaban J connectivity index is 1.93. The zero-order valence-corrected chi connectivity index (χ0v) is 10.8. The number of hydrogen-bond acceptors (Lipinski definition) is 2. The number of rotatable bonds is 5. The van der Waals surface area contributed by atoms with Crippen LogP contribution >= 0.6 is 0 Å². The normalized spacial score (nSPS) is 27.2. The quantitative estimate of drug-likeness (QED) is 0.709. The van der Waals surface area contributed by atoms with Crippen LogP contribution in [0.5, 0.6) is 0 Å². The largest absolute Gasteiger partial charge is 0.375 e. The van der Waals surface area contributed by atoms with E-state index < -0.39 is 0 Å². The van der Waals surface area contributed by atoms with Crippen LogP contribution in [0.4, 0.5) is 0 Å². The molecule has 0 radical (unpaired) electrons. The van der Waals surface area contributed by atoms with Crippen molar-refractivity contribution in [2.24, 2.45) is 11.8 Å². The standard InChI is InChI=1S/C13H27NO/c1-11-5-6-12(9-11)10-14-7-8-15-13(2,3)4/h11-12,14H,5-10H2,1-4H3. The molecule has 2 heteroatoms. The van der Waals surface area contributed by atoms with Crippen molar-refractivity contribution >= 4 is 0 Å². The first kappa shape index (κ1) is 13.0. The second-order valence-corrected chi connectivity index (χ2v) is 5.95. The first-order valence-electron chi connectivity index (χ1n) is 6.32. The average molecular weight is 213 g/mol. The Bertz CT molecular complexity index is 174. The monoisotopic (exact) mass is 213 g/mol. The van der Waals surface area contributed by atoms with E-state index in [1.54, 1.807) is 0 Å². The SMILES string of the molecule is CC1CCC(CNCCOC(C)(C)C)C1. The van der Waals surface area contributed by atoms with Gasteiger partial charge in [-0.2, -0.15) is 0 Å². The summed E-state index contributed by atoms with van der Waals surface area (Å²) < 4.78 is 5.65. The van der Waals surface area contributed by atoms with Gasteiger partial charge >= 0.3 is 0 Å². The van der Waals surface area contributed by atoms with Gasteiger partial charge in [0.2, 0.25) is 0 Å². The predicted molar refractivity (Wildman–Crippen MR) is 65.1 cm³/mol. The summed E-state index contributed by atoms with van der Waals surface area (Å²) in [5, 5.41) is 3.50. The molecule has 0 amide bonds. The summed E-state index contributed by atoms with van der Waals surface area (Å²) in [6.07, 6.45) is 4.24. The second kappa shape index (κ2) is 5.86. The molecule has 0 aromatic carbocycles. The summed E-state index contributed by atoms with van der Waals surface area (Å²) in [7, 11) is 0. The lowest BCUT2D eigenvalue weighted by Gasteiger charge is -2.20. The molecule has 15 heavy (non-hydrogen) atoms. The van der Waals surface area contributed by atoms with E-state index in [2.05, 4.69) is 33.0 Å². The van der Waals surface area contributed by atoms with Crippen LogP contribution < -0.4 is 5.32 Å². The first-order chi connectivity index (χ1) is 6.97. The van der Waals surface area contributed by atoms with E-state index in [0.717, 1.165) is 25.0 Å². The third kappa shape index (κ3) is 6.16. The van der Waals surface area contributed by atoms with Crippen molar-refractivity contribution < 1.29 is 4.74 Å². The van der Waals surface area contributed by atoms with Crippen LogP contribution in [0.25, 0.3) is 0 Å². The van der Waals surface area contributed by atoms with Crippen molar-refractivity contribution in [3.63, 3.8) is 0 Å². The van der Waals surface area contributed by atoms with Crippen LogP contribution in [-0.2, 0) is 4.74 Å². The molecule has 0 spiro atoms. The Hall–Kier alpha value is -0.0800. The van der Waals surface area contributed by atoms with Crippen LogP contribution in [0.15, 0.2) is 0 Å². The van der Waals surface area contributed by atoms with Crippen LogP contribution in [0.1, 0.15) is 47.0 Å². The molecule has 0 aromatic rings. The third-order valence-corrected chi connectivity index (χ3v) is 3.05. The van der Waals surface area contributed by atoms with Crippen LogP contribution in [0, 0.1) is 11.8 Å². The van der Waals surface area contributed by atoms with Gasteiger partial charge in [0.1, 0.15) is 0 Å². The first-order valence-corrected chi connectivity index (χ1v) is 6.32. The molecule has 1 rings (SSSR count). The highest BCUT2D eigenvalue weighted by molar-refractivity contribution is 4.74. The predicted octanol–water partition coefficient (Wildman–Crippen LogP) is 2.83. The lowest BCUT2D eigenvalue weighted by molar-refractivity contribution is -0.000993. The average Bonchev–Trinajstić information content (AvgIpc) is 2.49. The van der Waals surface area contributed by atoms with E-state index in [9.17, 15) is 0 Å². The molecule has 0 aliphatic heterocycles. The Morgan fingerprint density at radius 1 is 1.27 bits per heavy atom. The van der Waals surface area contributed by atoms with E-state index >= 15 is 0 Å². The fraction of sp³-hybridized carbons (Fsp3) is 1.00. The van der Waals surface area contributed by atoms with Crippen molar-refractivity contribution in [2.75, 3.05) is 19.7 Å². The molecule has 2 unspecified atom stereocenters. The van der Waals surface area contributed by atoms with Gasteiger partial charge in [0, 0.05) is 6.54 Å². The van der Waals surface area contributed by atoms with E-state index in [0.29, 0.717) is 0 Å². The molecule has 1 fully saturated rings. The Morgan fingerprint density at radius 2 is 2.00 bits per heavy atom. The van der Waals surface area contributed by atoms with Crippen molar-refractivity contribution in [1.82, 2.24) is 5.32 Å². The molecule has 1 N–H and O–H groups in total. The molecular weight excluding hydrogens is 186 g/mol. The zero-order chi connectivity index (χ0) is 11.3. The number of hydrogen-bond donors (Lipinski definition) is 1. The lowest BCUT2D eigenvalue weighted by atomic mass is 10.1. The molecule has 0 heterocycles. The van der Waals surface area contributed by atoms with Gasteiger partial charge in [-0.1, -0.05) is 13.3 Å². The third-order valence-electron chi connectivity index (χ3n) is 3.05. The van der Waals surface area contributed by atoms with Gasteiger partial charge in [-0.3, -0.25) is 0 Å². The van der Waals surface area contributed by atoms with Crippen molar-refractivity contribution in [2.45, 2.75) is 52.6 Å². The minimum Gasteiger partial charge on any atom is -0.375 e. The smallest absolute Gasteiger partial charge is 0.0599 e. The van der Waals surface area contributed by atoms with Gasteiger partial charge in [0.15, 0.2) is 0 Å². The Morgan fingerprint density at radius 3 is 2.53 bits per heavy atom. The maximum Gasteiger partial charge on any atom is 0.0599 e. The number of nitrogens with one attached hydrogen (secondary N) is 1. The summed E-state index contributed by atoms with van der Waals surface area (Å²) in [4.78, 5) is 0. The molecule has 0 aromatic heterocycles. The topological polar surface area (TPSA) is 21.3 Å². The highest BCUT2D eigenvalue weighted by Crippen LogP contribution is 2.29. The van der Waals surface area contributed by atoms with Crippen LogP contribution in [-0.4, -0.2) is 25.3 Å². The second-order valence-electron chi connectivity index (χ2n) is 5.95. The summed E-state index contributed by atoms with van der Waals surface area (Å²) in [5.74, 6) is 1.86. The lowest BCUT2D eigenvalue weighted by Crippen LogP contribution is -2.29. The molecule has 2 nitrogen and oxygen atoms in total. The maximum atomic E-state index is 5.65. The van der Waals surface area contributed by atoms with E-state index in [1.165, 1.54) is 25.8 Å². The molecule has 1 aliphatic rings. The molecule has 2 atom stereocenters. The van der Waals surface area contributed by atoms with Gasteiger partial charge < -0.3 is 10.1 Å². The Kier molecular flexibility index (Phi) is 5.07. The minimum absolute atomic E-state index is 0.00352. The molecule has 1 saturated carbocycles. The highest BCUT2D eigenvalue weighted by Gasteiger charge is 2.20. The Labute approximate surface area is 94.8 Å². The molecular formula is C13H27NO. The zero-order valence-electron chi connectivity index (χ0n) is 10.8. The molecule has 0 bridgehead atoms. The maximum absolute atomic E-state index is 5.65. The van der Waals surface area contributed by atoms with E-state index in [1.807, 2.05) is 0 Å². The van der Waals surface area contributed by atoms with E-state index in [-0.39, 0.29) is 5.60 Å². The molecule has 1 aliphatic carbocycles. The summed E-state index contributed by atoms with van der Waals surface area (Å²) in [5.41, 5.74) is 0.00352. The van der Waals surface area contributed by atoms with E-state index in [4.69, 9.17) is 4.74 Å². The minimum atomic E-state index is 0.00352. The fourth-order valence-corrected chi connectivity index (χ4v) is 2.25. The van der Waals surface area contributed by atoms with Gasteiger partial charge in [0.25, 0.3) is 0 Å². The van der Waals surface area contributed by atoms with Gasteiger partial charge in [-0.25, -0.2) is 0 Å². The fourth-order valence-electron chi connectivity index (χ4n) is 2.25. The molecule has 0 saturated heterocycles. The summed E-state index contributed by atoms with van der Waals surface area (Å²) >= 11 is 0. The highest BCUT2D eigenvalue weighted by atomic mass is 16.5. The van der Waals surface area contributed by atoms with Crippen molar-refractivity contribution in [1.29, 1.82) is 0 Å². The summed E-state index contributed by atoms with van der Waals surface area (Å²) in [6, 6.07) is 0. The van der Waals surface area contributed by atoms with Gasteiger partial charge in [-0.15, -0.1) is 0 Å². The number of ether oxygens (including phenoxy) is 1. The summed E-state index contributed by atoms with van der Waals surface area (Å²) in [6.45, 7) is 11.7. The van der Waals surface area contributed by atoms with Crippen molar-refractivity contribution in [3.05, 3.63) is 0 Å². The van der Waals surface area contributed by atoms with Crippen LogP contribution in [0.2, 0.25) is 0 Å². The van der Waals surface area contributed by atoms with Crippen LogP contribution in [0.3, 0.4) is 0 Å². The van der Waals surface area contributed by atoms with Crippen molar-refractivity contribution in [3.8, 4) is 0 Å². The van der Waals surface area contributed by atoms with Gasteiger partial charge in [0.05, 0.1) is 12.2 Å². The molecule has 90 valence electrons. The van der Waals surface area contributed by atoms with Gasteiger partial charge in [-0.05, 0) is 52.0 Å².